The number of aryl methyl sites for hydroxylation is 2. The van der Waals surface area contributed by atoms with Gasteiger partial charge in [0.1, 0.15) is 12.4 Å². The van der Waals surface area contributed by atoms with Gasteiger partial charge in [0.2, 0.25) is 5.91 Å². The molecule has 4 rings (SSSR count). The van der Waals surface area contributed by atoms with Crippen molar-refractivity contribution in [2.24, 2.45) is 7.05 Å². The highest BCUT2D eigenvalue weighted by Gasteiger charge is 2.08. The van der Waals surface area contributed by atoms with Gasteiger partial charge in [-0.25, -0.2) is 4.98 Å². The Hall–Kier alpha value is -4.00. The monoisotopic (exact) mass is 399 g/mol. The van der Waals surface area contributed by atoms with E-state index < -0.39 is 0 Å². The zero-order chi connectivity index (χ0) is 20.9. The Balaban J connectivity index is 1.35. The molecule has 0 aliphatic rings. The number of rotatable bonds is 6. The van der Waals surface area contributed by atoms with E-state index in [2.05, 4.69) is 20.4 Å². The number of amides is 1. The van der Waals surface area contributed by atoms with E-state index in [0.717, 1.165) is 33.6 Å². The molecule has 1 N–H and O–H groups in total. The van der Waals surface area contributed by atoms with E-state index in [1.165, 1.54) is 6.08 Å². The van der Waals surface area contributed by atoms with Crippen LogP contribution in [-0.4, -0.2) is 25.7 Å². The topological polar surface area (TPSA) is 81.9 Å². The van der Waals surface area contributed by atoms with Crippen LogP contribution in [0.25, 0.3) is 17.1 Å². The number of hydrogen-bond acceptors (Lipinski definition) is 5. The molecule has 0 radical (unpaired) electrons. The lowest BCUT2D eigenvalue weighted by atomic mass is 10.2. The summed E-state index contributed by atoms with van der Waals surface area (Å²) in [5.74, 6) is 0.529. The van der Waals surface area contributed by atoms with Crippen molar-refractivity contribution in [3.63, 3.8) is 0 Å². The lowest BCUT2D eigenvalue weighted by Crippen LogP contribution is -2.08. The van der Waals surface area contributed by atoms with E-state index in [1.807, 2.05) is 56.4 Å². The molecule has 0 bridgehead atoms. The first-order chi connectivity index (χ1) is 14.6. The maximum atomic E-state index is 12.3. The predicted molar refractivity (Wildman–Crippen MR) is 116 cm³/mol. The molecule has 0 aliphatic carbocycles. The molecule has 0 spiro atoms. The minimum atomic E-state index is -0.227. The van der Waals surface area contributed by atoms with E-state index in [1.54, 1.807) is 29.3 Å². The van der Waals surface area contributed by atoms with Crippen molar-refractivity contribution < 1.29 is 9.53 Å². The number of carbonyl (C=O) groups is 1. The van der Waals surface area contributed by atoms with E-state index in [4.69, 9.17) is 4.74 Å². The number of pyridine rings is 2. The number of hydrogen-bond donors (Lipinski definition) is 1. The summed E-state index contributed by atoms with van der Waals surface area (Å²) in [6.45, 7) is 2.37. The number of nitrogens with zero attached hydrogens (tertiary/aromatic N) is 4. The molecule has 30 heavy (non-hydrogen) atoms. The summed E-state index contributed by atoms with van der Waals surface area (Å²) in [6.07, 6.45) is 8.38. The minimum absolute atomic E-state index is 0.227. The summed E-state index contributed by atoms with van der Waals surface area (Å²) in [5.41, 5.74) is 4.19. The first-order valence-corrected chi connectivity index (χ1v) is 9.49. The van der Waals surface area contributed by atoms with Crippen LogP contribution in [0.5, 0.6) is 5.75 Å². The normalized spacial score (nSPS) is 11.1. The van der Waals surface area contributed by atoms with Crippen LogP contribution in [0.15, 0.2) is 67.1 Å². The quantitative estimate of drug-likeness (QED) is 0.497. The van der Waals surface area contributed by atoms with Gasteiger partial charge in [0.05, 0.1) is 17.6 Å². The first-order valence-electron chi connectivity index (χ1n) is 9.49. The van der Waals surface area contributed by atoms with Crippen molar-refractivity contribution in [3.05, 3.63) is 84.0 Å². The Labute approximate surface area is 174 Å². The molecular weight excluding hydrogens is 378 g/mol. The molecule has 0 aliphatic heterocycles. The zero-order valence-electron chi connectivity index (χ0n) is 16.7. The van der Waals surface area contributed by atoms with Gasteiger partial charge in [0.25, 0.3) is 0 Å². The van der Waals surface area contributed by atoms with Gasteiger partial charge in [-0.3, -0.25) is 14.5 Å². The van der Waals surface area contributed by atoms with E-state index >= 15 is 0 Å². The maximum absolute atomic E-state index is 12.3. The summed E-state index contributed by atoms with van der Waals surface area (Å²) in [6, 6.07) is 13.3. The lowest BCUT2D eigenvalue weighted by Gasteiger charge is -2.06. The van der Waals surface area contributed by atoms with Crippen molar-refractivity contribution >= 4 is 28.7 Å². The summed E-state index contributed by atoms with van der Waals surface area (Å²) >= 11 is 0. The second-order valence-electron chi connectivity index (χ2n) is 6.85. The standard InChI is InChI=1S/C23H21N5O2/c1-16-21-12-19(14-25-23(21)28(2)27-16)26-22(29)10-7-17-5-8-20(9-6-17)30-15-18-4-3-11-24-13-18/h3-14H,15H2,1-2H3,(H,26,29)/b10-7+. The van der Waals surface area contributed by atoms with Gasteiger partial charge in [0.15, 0.2) is 5.65 Å². The molecule has 3 aromatic heterocycles. The van der Waals surface area contributed by atoms with E-state index in [9.17, 15) is 4.79 Å². The Morgan fingerprint density at radius 3 is 2.80 bits per heavy atom. The number of anilines is 1. The number of nitrogens with one attached hydrogen (secondary N) is 1. The highest BCUT2D eigenvalue weighted by molar-refractivity contribution is 6.02. The second-order valence-corrected chi connectivity index (χ2v) is 6.85. The van der Waals surface area contributed by atoms with Crippen molar-refractivity contribution in [2.45, 2.75) is 13.5 Å². The molecule has 1 aromatic carbocycles. The van der Waals surface area contributed by atoms with Crippen molar-refractivity contribution in [3.8, 4) is 5.75 Å². The lowest BCUT2D eigenvalue weighted by molar-refractivity contribution is -0.111. The molecule has 0 saturated heterocycles. The van der Waals surface area contributed by atoms with Gasteiger partial charge in [0, 0.05) is 36.5 Å². The summed E-state index contributed by atoms with van der Waals surface area (Å²) in [5, 5.41) is 8.09. The number of fused-ring (bicyclic) bond motifs is 1. The van der Waals surface area contributed by atoms with Gasteiger partial charge in [-0.2, -0.15) is 5.10 Å². The fourth-order valence-electron chi connectivity index (χ4n) is 3.06. The Bertz CT molecular complexity index is 1200. The van der Waals surface area contributed by atoms with Gasteiger partial charge in [-0.05, 0) is 42.8 Å². The molecule has 0 atom stereocenters. The van der Waals surface area contributed by atoms with Crippen LogP contribution < -0.4 is 10.1 Å². The van der Waals surface area contributed by atoms with Crippen LogP contribution in [0, 0.1) is 6.92 Å². The predicted octanol–water partition coefficient (Wildman–Crippen LogP) is 3.90. The summed E-state index contributed by atoms with van der Waals surface area (Å²) < 4.78 is 7.46. The fourth-order valence-corrected chi connectivity index (χ4v) is 3.06. The van der Waals surface area contributed by atoms with E-state index in [0.29, 0.717) is 12.3 Å². The van der Waals surface area contributed by atoms with Crippen LogP contribution in [0.3, 0.4) is 0 Å². The maximum Gasteiger partial charge on any atom is 0.248 e. The van der Waals surface area contributed by atoms with Crippen LogP contribution in [-0.2, 0) is 18.4 Å². The SMILES string of the molecule is Cc1nn(C)c2ncc(NC(=O)/C=C/c3ccc(OCc4cccnc4)cc3)cc12. The summed E-state index contributed by atoms with van der Waals surface area (Å²) in [7, 11) is 1.85. The largest absolute Gasteiger partial charge is 0.489 e. The van der Waals surface area contributed by atoms with Crippen molar-refractivity contribution in [2.75, 3.05) is 5.32 Å². The number of carbonyl (C=O) groups excluding carboxylic acids is 1. The third-order valence-electron chi connectivity index (χ3n) is 4.57. The molecule has 4 aromatic rings. The highest BCUT2D eigenvalue weighted by atomic mass is 16.5. The van der Waals surface area contributed by atoms with Gasteiger partial charge < -0.3 is 10.1 Å². The molecule has 7 nitrogen and oxygen atoms in total. The Kier molecular flexibility index (Phi) is 5.52. The van der Waals surface area contributed by atoms with Crippen molar-refractivity contribution in [1.29, 1.82) is 0 Å². The molecule has 7 heteroatoms. The van der Waals surface area contributed by atoms with Gasteiger partial charge in [-0.15, -0.1) is 0 Å². The Morgan fingerprint density at radius 1 is 1.20 bits per heavy atom. The van der Waals surface area contributed by atoms with Gasteiger partial charge in [-0.1, -0.05) is 18.2 Å². The average Bonchev–Trinajstić information content (AvgIpc) is 3.05. The Morgan fingerprint density at radius 2 is 2.03 bits per heavy atom. The zero-order valence-corrected chi connectivity index (χ0v) is 16.7. The van der Waals surface area contributed by atoms with Crippen molar-refractivity contribution in [1.82, 2.24) is 19.7 Å². The smallest absolute Gasteiger partial charge is 0.248 e. The molecule has 0 unspecified atom stereocenters. The fraction of sp³-hybridized carbons (Fsp3) is 0.130. The van der Waals surface area contributed by atoms with E-state index in [-0.39, 0.29) is 5.91 Å². The van der Waals surface area contributed by atoms with Crippen LogP contribution in [0.4, 0.5) is 5.69 Å². The highest BCUT2D eigenvalue weighted by Crippen LogP contribution is 2.19. The van der Waals surface area contributed by atoms with Crippen LogP contribution >= 0.6 is 0 Å². The number of aromatic nitrogens is 4. The number of benzene rings is 1. The number of ether oxygens (including phenoxy) is 1. The first kappa shape index (κ1) is 19.3. The molecule has 1 amide bonds. The second kappa shape index (κ2) is 8.57. The molecule has 0 saturated carbocycles. The minimum Gasteiger partial charge on any atom is -0.489 e. The molecule has 3 heterocycles. The van der Waals surface area contributed by atoms with Crippen LogP contribution in [0.2, 0.25) is 0 Å². The third kappa shape index (κ3) is 4.52. The average molecular weight is 399 g/mol. The molecular formula is C23H21N5O2. The third-order valence-corrected chi connectivity index (χ3v) is 4.57. The summed E-state index contributed by atoms with van der Waals surface area (Å²) in [4.78, 5) is 20.7. The van der Waals surface area contributed by atoms with Crippen LogP contribution in [0.1, 0.15) is 16.8 Å². The molecule has 150 valence electrons. The van der Waals surface area contributed by atoms with Gasteiger partial charge >= 0.3 is 0 Å². The molecule has 0 fully saturated rings.